The predicted octanol–water partition coefficient (Wildman–Crippen LogP) is 2.13. The molecule has 1 aromatic carbocycles. The number of rotatable bonds is 2. The molecule has 1 heterocycles. The molecule has 0 unspecified atom stereocenters. The van der Waals surface area contributed by atoms with Crippen molar-refractivity contribution in [3.63, 3.8) is 0 Å². The van der Waals surface area contributed by atoms with Crippen LogP contribution in [0.1, 0.15) is 27.8 Å². The molecule has 0 radical (unpaired) electrons. The molecule has 0 fully saturated rings. The van der Waals surface area contributed by atoms with Crippen molar-refractivity contribution < 1.29 is 23.8 Å². The SMILES string of the molecule is COC(=O)c1cc2ccc(O)c(C(C)=O)c2o1. The van der Waals surface area contributed by atoms with Gasteiger partial charge in [0, 0.05) is 5.39 Å². The molecule has 0 atom stereocenters. The van der Waals surface area contributed by atoms with Crippen molar-refractivity contribution >= 4 is 22.7 Å². The van der Waals surface area contributed by atoms with Gasteiger partial charge in [-0.05, 0) is 25.1 Å². The minimum Gasteiger partial charge on any atom is -0.507 e. The van der Waals surface area contributed by atoms with E-state index in [1.807, 2.05) is 0 Å². The zero-order valence-electron chi connectivity index (χ0n) is 9.31. The van der Waals surface area contributed by atoms with E-state index in [2.05, 4.69) is 4.74 Å². The number of fused-ring (bicyclic) bond motifs is 1. The maximum atomic E-state index is 11.4. The third-order valence-corrected chi connectivity index (χ3v) is 2.40. The summed E-state index contributed by atoms with van der Waals surface area (Å²) >= 11 is 0. The Labute approximate surface area is 96.6 Å². The molecule has 0 spiro atoms. The first kappa shape index (κ1) is 11.2. The van der Waals surface area contributed by atoms with Gasteiger partial charge in [-0.1, -0.05) is 0 Å². The number of esters is 1. The second-order valence-corrected chi connectivity index (χ2v) is 3.54. The van der Waals surface area contributed by atoms with Crippen LogP contribution in [0.4, 0.5) is 0 Å². The predicted molar refractivity (Wildman–Crippen MR) is 59.2 cm³/mol. The second-order valence-electron chi connectivity index (χ2n) is 3.54. The van der Waals surface area contributed by atoms with Crippen molar-refractivity contribution in [1.29, 1.82) is 0 Å². The van der Waals surface area contributed by atoms with Crippen LogP contribution in [-0.4, -0.2) is 24.0 Å². The van der Waals surface area contributed by atoms with E-state index in [4.69, 9.17) is 4.42 Å². The van der Waals surface area contributed by atoms with E-state index in [0.717, 1.165) is 0 Å². The molecule has 0 aliphatic heterocycles. The third kappa shape index (κ3) is 1.75. The molecule has 0 aliphatic rings. The lowest BCUT2D eigenvalue weighted by Gasteiger charge is -2.00. The van der Waals surface area contributed by atoms with Crippen molar-refractivity contribution in [2.75, 3.05) is 7.11 Å². The van der Waals surface area contributed by atoms with Crippen LogP contribution < -0.4 is 0 Å². The Balaban J connectivity index is 2.73. The van der Waals surface area contributed by atoms with Gasteiger partial charge in [-0.3, -0.25) is 4.79 Å². The van der Waals surface area contributed by atoms with Gasteiger partial charge in [-0.25, -0.2) is 4.79 Å². The summed E-state index contributed by atoms with van der Waals surface area (Å²) in [7, 11) is 1.23. The topological polar surface area (TPSA) is 76.7 Å². The van der Waals surface area contributed by atoms with Gasteiger partial charge in [0.15, 0.2) is 5.78 Å². The number of phenols is 1. The van der Waals surface area contributed by atoms with Gasteiger partial charge < -0.3 is 14.3 Å². The average molecular weight is 234 g/mol. The minimum atomic E-state index is -0.629. The van der Waals surface area contributed by atoms with E-state index in [9.17, 15) is 14.7 Å². The number of carbonyl (C=O) groups is 2. The Morgan fingerprint density at radius 1 is 1.35 bits per heavy atom. The molecule has 5 nitrogen and oxygen atoms in total. The molecular formula is C12H10O5. The number of methoxy groups -OCH3 is 1. The van der Waals surface area contributed by atoms with Crippen molar-refractivity contribution in [2.24, 2.45) is 0 Å². The summed E-state index contributed by atoms with van der Waals surface area (Å²) in [6.07, 6.45) is 0. The average Bonchev–Trinajstić information content (AvgIpc) is 2.70. The van der Waals surface area contributed by atoms with Crippen LogP contribution in [0.3, 0.4) is 0 Å². The number of ketones is 1. The summed E-state index contributed by atoms with van der Waals surface area (Å²) in [5, 5.41) is 10.2. The smallest absolute Gasteiger partial charge is 0.373 e. The Hall–Kier alpha value is -2.30. The molecule has 5 heteroatoms. The quantitative estimate of drug-likeness (QED) is 0.636. The first-order valence-corrected chi connectivity index (χ1v) is 4.89. The Kier molecular flexibility index (Phi) is 2.59. The highest BCUT2D eigenvalue weighted by Gasteiger charge is 2.19. The van der Waals surface area contributed by atoms with Crippen LogP contribution in [0.5, 0.6) is 5.75 Å². The second kappa shape index (κ2) is 3.93. The number of ether oxygens (including phenoxy) is 1. The van der Waals surface area contributed by atoms with Gasteiger partial charge in [-0.2, -0.15) is 0 Å². The number of phenolic OH excluding ortho intramolecular Hbond substituents is 1. The summed E-state index contributed by atoms with van der Waals surface area (Å²) in [5.74, 6) is -1.14. The number of hydrogen-bond donors (Lipinski definition) is 1. The molecular weight excluding hydrogens is 224 g/mol. The summed E-state index contributed by atoms with van der Waals surface area (Å²) in [6.45, 7) is 1.31. The molecule has 0 aliphatic carbocycles. The fourth-order valence-corrected chi connectivity index (χ4v) is 1.63. The van der Waals surface area contributed by atoms with Crippen LogP contribution in [0.2, 0.25) is 0 Å². The molecule has 2 rings (SSSR count). The molecule has 0 amide bonds. The lowest BCUT2D eigenvalue weighted by Crippen LogP contribution is -1.98. The monoisotopic (exact) mass is 234 g/mol. The van der Waals surface area contributed by atoms with Crippen molar-refractivity contribution in [2.45, 2.75) is 6.92 Å². The van der Waals surface area contributed by atoms with Crippen LogP contribution in [-0.2, 0) is 4.74 Å². The van der Waals surface area contributed by atoms with E-state index in [0.29, 0.717) is 5.39 Å². The van der Waals surface area contributed by atoms with Gasteiger partial charge in [-0.15, -0.1) is 0 Å². The summed E-state index contributed by atoms with van der Waals surface area (Å²) in [4.78, 5) is 22.7. The zero-order chi connectivity index (χ0) is 12.6. The van der Waals surface area contributed by atoms with E-state index in [1.165, 1.54) is 26.2 Å². The molecule has 17 heavy (non-hydrogen) atoms. The number of furan rings is 1. The van der Waals surface area contributed by atoms with Crippen LogP contribution >= 0.6 is 0 Å². The van der Waals surface area contributed by atoms with Crippen LogP contribution in [0.25, 0.3) is 11.0 Å². The van der Waals surface area contributed by atoms with Crippen molar-refractivity contribution in [1.82, 2.24) is 0 Å². The molecule has 1 N–H and O–H groups in total. The molecule has 2 aromatic rings. The fourth-order valence-electron chi connectivity index (χ4n) is 1.63. The summed E-state index contributed by atoms with van der Waals surface area (Å²) in [5.41, 5.74) is 0.260. The van der Waals surface area contributed by atoms with Crippen molar-refractivity contribution in [3.05, 3.63) is 29.5 Å². The van der Waals surface area contributed by atoms with Gasteiger partial charge in [0.05, 0.1) is 7.11 Å². The van der Waals surface area contributed by atoms with Gasteiger partial charge in [0.2, 0.25) is 5.76 Å². The number of aromatic hydroxyl groups is 1. The molecule has 88 valence electrons. The third-order valence-electron chi connectivity index (χ3n) is 2.40. The summed E-state index contributed by atoms with van der Waals surface area (Å²) in [6, 6.07) is 4.41. The number of carbonyl (C=O) groups excluding carboxylic acids is 2. The highest BCUT2D eigenvalue weighted by Crippen LogP contribution is 2.30. The lowest BCUT2D eigenvalue weighted by atomic mass is 10.1. The van der Waals surface area contributed by atoms with Gasteiger partial charge in [0.1, 0.15) is 16.9 Å². The van der Waals surface area contributed by atoms with Crippen molar-refractivity contribution in [3.8, 4) is 5.75 Å². The molecule has 1 aromatic heterocycles. The lowest BCUT2D eigenvalue weighted by molar-refractivity contribution is 0.0567. The highest BCUT2D eigenvalue weighted by atomic mass is 16.5. The molecule has 0 saturated heterocycles. The number of hydrogen-bond acceptors (Lipinski definition) is 5. The number of benzene rings is 1. The Morgan fingerprint density at radius 2 is 2.06 bits per heavy atom. The van der Waals surface area contributed by atoms with Gasteiger partial charge in [0.25, 0.3) is 0 Å². The Morgan fingerprint density at radius 3 is 2.65 bits per heavy atom. The standard InChI is InChI=1S/C12H10O5/c1-6(13)10-8(14)4-3-7-5-9(12(15)16-2)17-11(7)10/h3-5,14H,1-2H3. The zero-order valence-corrected chi connectivity index (χ0v) is 9.31. The van der Waals surface area contributed by atoms with Gasteiger partial charge >= 0.3 is 5.97 Å². The normalized spacial score (nSPS) is 10.5. The molecule has 0 bridgehead atoms. The van der Waals surface area contributed by atoms with Crippen LogP contribution in [0, 0.1) is 0 Å². The van der Waals surface area contributed by atoms with E-state index < -0.39 is 5.97 Å². The first-order valence-electron chi connectivity index (χ1n) is 4.89. The highest BCUT2D eigenvalue weighted by molar-refractivity contribution is 6.08. The first-order chi connectivity index (χ1) is 8.04. The fraction of sp³-hybridized carbons (Fsp3) is 0.167. The van der Waals surface area contributed by atoms with E-state index >= 15 is 0 Å². The molecule has 0 saturated carbocycles. The van der Waals surface area contributed by atoms with E-state index in [1.54, 1.807) is 6.07 Å². The number of Topliss-reactive ketones (excluding diaryl/α,β-unsaturated/α-hetero) is 1. The van der Waals surface area contributed by atoms with Crippen LogP contribution in [0.15, 0.2) is 22.6 Å². The maximum Gasteiger partial charge on any atom is 0.373 e. The Bertz CT molecular complexity index is 609. The largest absolute Gasteiger partial charge is 0.507 e. The minimum absolute atomic E-state index is 0.00407. The maximum absolute atomic E-state index is 11.4. The summed E-state index contributed by atoms with van der Waals surface area (Å²) < 4.78 is 9.75. The van der Waals surface area contributed by atoms with E-state index in [-0.39, 0.29) is 28.4 Å².